The summed E-state index contributed by atoms with van der Waals surface area (Å²) in [5.74, 6) is 0. The van der Waals surface area contributed by atoms with E-state index in [9.17, 15) is 0 Å². The SMILES string of the molecule is Cl.N=c1sccn1Cc1ccc(Cl)c(Cl)c1. The number of aromatic nitrogens is 1. The lowest BCUT2D eigenvalue weighted by Gasteiger charge is -2.04. The maximum Gasteiger partial charge on any atom is 0.182 e. The lowest BCUT2D eigenvalue weighted by molar-refractivity contribution is 0.760. The van der Waals surface area contributed by atoms with Gasteiger partial charge in [-0.25, -0.2) is 0 Å². The first kappa shape index (κ1) is 13.6. The van der Waals surface area contributed by atoms with E-state index in [2.05, 4.69) is 0 Å². The Morgan fingerprint density at radius 1 is 1.25 bits per heavy atom. The van der Waals surface area contributed by atoms with E-state index in [-0.39, 0.29) is 12.4 Å². The molecule has 0 radical (unpaired) electrons. The lowest BCUT2D eigenvalue weighted by atomic mass is 10.2. The smallest absolute Gasteiger partial charge is 0.182 e. The third kappa shape index (κ3) is 3.01. The minimum absolute atomic E-state index is 0. The summed E-state index contributed by atoms with van der Waals surface area (Å²) in [4.78, 5) is 0.529. The summed E-state index contributed by atoms with van der Waals surface area (Å²) in [6.07, 6.45) is 1.88. The Bertz CT molecular complexity index is 533. The Morgan fingerprint density at radius 2 is 2.00 bits per heavy atom. The van der Waals surface area contributed by atoms with Gasteiger partial charge in [-0.2, -0.15) is 0 Å². The van der Waals surface area contributed by atoms with Crippen molar-refractivity contribution in [1.82, 2.24) is 4.57 Å². The molecule has 2 nitrogen and oxygen atoms in total. The van der Waals surface area contributed by atoms with Crippen molar-refractivity contribution in [2.45, 2.75) is 6.54 Å². The van der Waals surface area contributed by atoms with Crippen molar-refractivity contribution in [2.75, 3.05) is 0 Å². The molecule has 0 aliphatic heterocycles. The van der Waals surface area contributed by atoms with E-state index in [1.807, 2.05) is 28.3 Å². The molecule has 16 heavy (non-hydrogen) atoms. The zero-order valence-corrected chi connectivity index (χ0v) is 11.3. The highest BCUT2D eigenvalue weighted by Gasteiger charge is 2.01. The van der Waals surface area contributed by atoms with Crippen LogP contribution >= 0.6 is 46.9 Å². The third-order valence-electron chi connectivity index (χ3n) is 2.02. The first-order valence-electron chi connectivity index (χ1n) is 4.29. The molecule has 0 atom stereocenters. The van der Waals surface area contributed by atoms with E-state index >= 15 is 0 Å². The summed E-state index contributed by atoms with van der Waals surface area (Å²) in [5.41, 5.74) is 1.04. The number of nitrogens with zero attached hydrogens (tertiary/aromatic N) is 1. The van der Waals surface area contributed by atoms with Gasteiger partial charge in [0, 0.05) is 18.1 Å². The summed E-state index contributed by atoms with van der Waals surface area (Å²) in [7, 11) is 0. The predicted molar refractivity (Wildman–Crippen MR) is 71.0 cm³/mol. The molecular weight excluding hydrogens is 287 g/mol. The van der Waals surface area contributed by atoms with Crippen molar-refractivity contribution >= 4 is 46.9 Å². The Balaban J connectivity index is 0.00000128. The highest BCUT2D eigenvalue weighted by atomic mass is 35.5. The average molecular weight is 296 g/mol. The Hall–Kier alpha value is -0.480. The van der Waals surface area contributed by atoms with Crippen LogP contribution in [0.15, 0.2) is 29.8 Å². The van der Waals surface area contributed by atoms with Crippen LogP contribution in [0.25, 0.3) is 0 Å². The van der Waals surface area contributed by atoms with Crippen LogP contribution in [-0.4, -0.2) is 4.57 Å². The van der Waals surface area contributed by atoms with Crippen molar-refractivity contribution in [1.29, 1.82) is 5.41 Å². The molecule has 1 heterocycles. The molecule has 2 aromatic rings. The lowest BCUT2D eigenvalue weighted by Crippen LogP contribution is -2.12. The van der Waals surface area contributed by atoms with Crippen molar-refractivity contribution in [3.63, 3.8) is 0 Å². The largest absolute Gasteiger partial charge is 0.320 e. The van der Waals surface area contributed by atoms with Crippen molar-refractivity contribution in [2.24, 2.45) is 0 Å². The highest BCUT2D eigenvalue weighted by molar-refractivity contribution is 7.06. The molecule has 0 unspecified atom stereocenters. The van der Waals surface area contributed by atoms with Crippen LogP contribution in [0.5, 0.6) is 0 Å². The Kier molecular flexibility index (Phi) is 4.87. The normalized spacial score (nSPS) is 9.88. The van der Waals surface area contributed by atoms with Gasteiger partial charge in [0.25, 0.3) is 0 Å². The maximum atomic E-state index is 7.62. The molecule has 1 N–H and O–H groups in total. The van der Waals surface area contributed by atoms with Crippen molar-refractivity contribution in [3.8, 4) is 0 Å². The number of nitrogens with one attached hydrogen (secondary N) is 1. The summed E-state index contributed by atoms with van der Waals surface area (Å²) in [6.45, 7) is 0.652. The summed E-state index contributed by atoms with van der Waals surface area (Å²) >= 11 is 13.1. The molecule has 6 heteroatoms. The van der Waals surface area contributed by atoms with Gasteiger partial charge in [-0.15, -0.1) is 23.7 Å². The van der Waals surface area contributed by atoms with Crippen LogP contribution in [0, 0.1) is 5.41 Å². The van der Waals surface area contributed by atoms with Gasteiger partial charge >= 0.3 is 0 Å². The number of hydrogen-bond donors (Lipinski definition) is 1. The molecule has 0 fully saturated rings. The molecule has 2 rings (SSSR count). The number of benzene rings is 1. The zero-order chi connectivity index (χ0) is 10.8. The number of halogens is 3. The molecule has 0 amide bonds. The first-order valence-corrected chi connectivity index (χ1v) is 5.93. The van der Waals surface area contributed by atoms with Crippen molar-refractivity contribution in [3.05, 3.63) is 50.2 Å². The minimum Gasteiger partial charge on any atom is -0.320 e. The summed E-state index contributed by atoms with van der Waals surface area (Å²) in [5, 5.41) is 10.6. The van der Waals surface area contributed by atoms with E-state index in [1.165, 1.54) is 11.3 Å². The van der Waals surface area contributed by atoms with Gasteiger partial charge in [0.1, 0.15) is 0 Å². The zero-order valence-electron chi connectivity index (χ0n) is 8.11. The molecular formula is C10H9Cl3N2S. The van der Waals surface area contributed by atoms with Crippen LogP contribution in [0.1, 0.15) is 5.56 Å². The molecule has 0 bridgehead atoms. The molecule has 0 spiro atoms. The second kappa shape index (κ2) is 5.73. The molecule has 0 saturated heterocycles. The van der Waals surface area contributed by atoms with Gasteiger partial charge in [0.05, 0.1) is 10.0 Å². The van der Waals surface area contributed by atoms with Gasteiger partial charge in [0.15, 0.2) is 4.80 Å². The molecule has 86 valence electrons. The van der Waals surface area contributed by atoms with Gasteiger partial charge in [0.2, 0.25) is 0 Å². The fraction of sp³-hybridized carbons (Fsp3) is 0.100. The number of thiazole rings is 1. The van der Waals surface area contributed by atoms with Gasteiger partial charge < -0.3 is 4.57 Å². The minimum atomic E-state index is 0. The van der Waals surface area contributed by atoms with E-state index in [4.69, 9.17) is 28.6 Å². The van der Waals surface area contributed by atoms with Crippen molar-refractivity contribution < 1.29 is 0 Å². The quantitative estimate of drug-likeness (QED) is 0.873. The van der Waals surface area contributed by atoms with E-state index < -0.39 is 0 Å². The Morgan fingerprint density at radius 3 is 2.56 bits per heavy atom. The average Bonchev–Trinajstić information content (AvgIpc) is 2.59. The van der Waals surface area contributed by atoms with Crippen LogP contribution in [0.2, 0.25) is 10.0 Å². The second-order valence-electron chi connectivity index (χ2n) is 3.08. The fourth-order valence-corrected chi connectivity index (χ4v) is 2.18. The molecule has 0 saturated carbocycles. The summed E-state index contributed by atoms with van der Waals surface area (Å²) < 4.78 is 1.85. The predicted octanol–water partition coefficient (Wildman–Crippen LogP) is 3.81. The van der Waals surface area contributed by atoms with E-state index in [0.29, 0.717) is 21.4 Å². The van der Waals surface area contributed by atoms with E-state index in [0.717, 1.165) is 5.56 Å². The van der Waals surface area contributed by atoms with Gasteiger partial charge in [-0.05, 0) is 17.7 Å². The standard InChI is InChI=1S/C10H8Cl2N2S.ClH/c11-8-2-1-7(5-9(8)12)6-14-3-4-15-10(14)13;/h1-5,13H,6H2;1H. The van der Waals surface area contributed by atoms with Crippen LogP contribution < -0.4 is 4.80 Å². The monoisotopic (exact) mass is 294 g/mol. The topological polar surface area (TPSA) is 28.8 Å². The second-order valence-corrected chi connectivity index (χ2v) is 4.79. The van der Waals surface area contributed by atoms with Crippen LogP contribution in [0.4, 0.5) is 0 Å². The fourth-order valence-electron chi connectivity index (χ4n) is 1.26. The van der Waals surface area contributed by atoms with Gasteiger partial charge in [-0.3, -0.25) is 5.41 Å². The third-order valence-corrected chi connectivity index (χ3v) is 3.47. The molecule has 1 aromatic carbocycles. The van der Waals surface area contributed by atoms with E-state index in [1.54, 1.807) is 6.07 Å². The highest BCUT2D eigenvalue weighted by Crippen LogP contribution is 2.22. The van der Waals surface area contributed by atoms with Gasteiger partial charge in [-0.1, -0.05) is 29.3 Å². The van der Waals surface area contributed by atoms with Crippen LogP contribution in [-0.2, 0) is 6.54 Å². The molecule has 1 aromatic heterocycles. The maximum absolute atomic E-state index is 7.62. The Labute approximate surface area is 113 Å². The molecule has 0 aliphatic carbocycles. The summed E-state index contributed by atoms with van der Waals surface area (Å²) in [6, 6.07) is 5.52. The number of rotatable bonds is 2. The first-order chi connectivity index (χ1) is 7.16. The number of hydrogen-bond acceptors (Lipinski definition) is 2. The van der Waals surface area contributed by atoms with Crippen LogP contribution in [0.3, 0.4) is 0 Å². The molecule has 0 aliphatic rings.